The number of rotatable bonds is 4. The third-order valence-electron chi connectivity index (χ3n) is 2.74. The molecule has 6 heteroatoms. The minimum atomic E-state index is -0.491. The van der Waals surface area contributed by atoms with Gasteiger partial charge in [-0.1, -0.05) is 12.1 Å². The minimum absolute atomic E-state index is 0.0630. The molecule has 1 amide bonds. The van der Waals surface area contributed by atoms with Gasteiger partial charge in [0.1, 0.15) is 0 Å². The highest BCUT2D eigenvalue weighted by molar-refractivity contribution is 6.08. The molecule has 4 N–H and O–H groups in total. The van der Waals surface area contributed by atoms with E-state index < -0.39 is 5.82 Å². The first-order chi connectivity index (χ1) is 9.65. The van der Waals surface area contributed by atoms with Gasteiger partial charge >= 0.3 is 0 Å². The molecule has 0 aromatic heterocycles. The molecule has 2 rings (SSSR count). The number of nitrogen functional groups attached to an aromatic ring is 1. The van der Waals surface area contributed by atoms with Crippen LogP contribution in [0.25, 0.3) is 0 Å². The lowest BCUT2D eigenvalue weighted by Gasteiger charge is -2.10. The second-order valence-corrected chi connectivity index (χ2v) is 3.99. The zero-order chi connectivity index (χ0) is 14.5. The Balaban J connectivity index is 2.23. The average molecular weight is 275 g/mol. The monoisotopic (exact) mass is 275 g/mol. The Morgan fingerprint density at radius 2 is 2.00 bits per heavy atom. The number of nitrogens with one attached hydrogen (secondary N) is 2. The molecule has 0 atom stereocenters. The summed E-state index contributed by atoms with van der Waals surface area (Å²) >= 11 is 0. The zero-order valence-corrected chi connectivity index (χ0v) is 10.8. The molecule has 0 heterocycles. The largest absolute Gasteiger partial charge is 0.494 e. The summed E-state index contributed by atoms with van der Waals surface area (Å²) in [6, 6.07) is 10.9. The van der Waals surface area contributed by atoms with Crippen LogP contribution in [0.2, 0.25) is 0 Å². The molecule has 0 aliphatic heterocycles. The fourth-order valence-corrected chi connectivity index (χ4v) is 1.74. The predicted molar refractivity (Wildman–Crippen MR) is 75.2 cm³/mol. The molecular formula is C14H14FN3O2. The van der Waals surface area contributed by atoms with Crippen LogP contribution in [0.3, 0.4) is 0 Å². The Bertz CT molecular complexity index is 632. The molecule has 2 aromatic rings. The molecule has 0 saturated carbocycles. The number of nitrogens with two attached hydrogens (primary N) is 1. The van der Waals surface area contributed by atoms with Crippen LogP contribution in [0.4, 0.5) is 15.8 Å². The van der Waals surface area contributed by atoms with Gasteiger partial charge in [-0.05, 0) is 24.3 Å². The van der Waals surface area contributed by atoms with Crippen molar-refractivity contribution in [2.75, 3.05) is 17.9 Å². The fourth-order valence-electron chi connectivity index (χ4n) is 1.74. The molecule has 0 aliphatic carbocycles. The number of anilines is 2. The Kier molecular flexibility index (Phi) is 4.17. The number of carbonyl (C=O) groups is 1. The first-order valence-electron chi connectivity index (χ1n) is 5.86. The van der Waals surface area contributed by atoms with Crippen LogP contribution >= 0.6 is 0 Å². The van der Waals surface area contributed by atoms with Crippen molar-refractivity contribution in [1.82, 2.24) is 0 Å². The maximum Gasteiger partial charge on any atom is 0.257 e. The third kappa shape index (κ3) is 2.86. The molecule has 0 saturated heterocycles. The maximum atomic E-state index is 13.3. The van der Waals surface area contributed by atoms with Crippen LogP contribution in [0.1, 0.15) is 10.4 Å². The third-order valence-corrected chi connectivity index (χ3v) is 2.74. The van der Waals surface area contributed by atoms with E-state index in [9.17, 15) is 9.18 Å². The van der Waals surface area contributed by atoms with E-state index in [1.54, 1.807) is 24.3 Å². The number of amides is 1. The number of carbonyl (C=O) groups excluding carboxylic acids is 1. The lowest BCUT2D eigenvalue weighted by Crippen LogP contribution is -2.17. The Labute approximate surface area is 115 Å². The molecule has 104 valence electrons. The van der Waals surface area contributed by atoms with Crippen LogP contribution in [0.15, 0.2) is 42.5 Å². The summed E-state index contributed by atoms with van der Waals surface area (Å²) in [6.45, 7) is 0. The molecule has 0 aliphatic rings. The lowest BCUT2D eigenvalue weighted by atomic mass is 10.1. The first kappa shape index (κ1) is 13.8. The van der Waals surface area contributed by atoms with E-state index in [0.29, 0.717) is 16.9 Å². The summed E-state index contributed by atoms with van der Waals surface area (Å²) in [7, 11) is 1.36. The molecule has 20 heavy (non-hydrogen) atoms. The fraction of sp³-hybridized carbons (Fsp3) is 0.0714. The van der Waals surface area contributed by atoms with E-state index in [1.807, 2.05) is 0 Å². The highest BCUT2D eigenvalue weighted by atomic mass is 19.1. The van der Waals surface area contributed by atoms with Gasteiger partial charge in [-0.15, -0.1) is 0 Å². The maximum absolute atomic E-state index is 13.3. The number of hydrogen-bond donors (Lipinski definition) is 3. The quantitative estimate of drug-likeness (QED) is 0.591. The van der Waals surface area contributed by atoms with Crippen molar-refractivity contribution < 1.29 is 13.9 Å². The van der Waals surface area contributed by atoms with Gasteiger partial charge in [0.25, 0.3) is 5.91 Å². The number of hydrazine groups is 1. The van der Waals surface area contributed by atoms with Gasteiger partial charge in [-0.2, -0.15) is 0 Å². The molecule has 5 nitrogen and oxygen atoms in total. The summed E-state index contributed by atoms with van der Waals surface area (Å²) in [6.07, 6.45) is 0. The Morgan fingerprint density at radius 3 is 2.70 bits per heavy atom. The topological polar surface area (TPSA) is 76.4 Å². The highest BCUT2D eigenvalue weighted by Crippen LogP contribution is 2.22. The average Bonchev–Trinajstić information content (AvgIpc) is 2.49. The number of ether oxygens (including phenoxy) is 1. The van der Waals surface area contributed by atoms with Crippen molar-refractivity contribution >= 4 is 17.3 Å². The van der Waals surface area contributed by atoms with E-state index in [2.05, 4.69) is 10.7 Å². The van der Waals surface area contributed by atoms with Gasteiger partial charge in [0.15, 0.2) is 11.6 Å². The molecule has 0 fully saturated rings. The van der Waals surface area contributed by atoms with E-state index >= 15 is 0 Å². The number of hydrogen-bond acceptors (Lipinski definition) is 4. The van der Waals surface area contributed by atoms with E-state index in [1.165, 1.54) is 25.3 Å². The van der Waals surface area contributed by atoms with Crippen LogP contribution in [-0.2, 0) is 0 Å². The Hall–Kier alpha value is -2.60. The SMILES string of the molecule is COc1cc(NC(=O)c2ccccc2NN)ccc1F. The van der Waals surface area contributed by atoms with Gasteiger partial charge < -0.3 is 15.5 Å². The number of benzene rings is 2. The van der Waals surface area contributed by atoms with Crippen molar-refractivity contribution in [1.29, 1.82) is 0 Å². The standard InChI is InChI=1S/C14H14FN3O2/c1-20-13-8-9(6-7-11(13)15)17-14(19)10-4-2-3-5-12(10)18-16/h2-8,18H,16H2,1H3,(H,17,19). The number of methoxy groups -OCH3 is 1. The molecule has 0 radical (unpaired) electrons. The van der Waals surface area contributed by atoms with E-state index in [4.69, 9.17) is 10.6 Å². The Morgan fingerprint density at radius 1 is 1.25 bits per heavy atom. The summed E-state index contributed by atoms with van der Waals surface area (Å²) < 4.78 is 18.1. The first-order valence-corrected chi connectivity index (χ1v) is 5.86. The van der Waals surface area contributed by atoms with Crippen LogP contribution < -0.4 is 21.3 Å². The zero-order valence-electron chi connectivity index (χ0n) is 10.8. The summed E-state index contributed by atoms with van der Waals surface area (Å²) in [5, 5.41) is 2.65. The van der Waals surface area contributed by atoms with Gasteiger partial charge in [-0.3, -0.25) is 10.6 Å². The van der Waals surface area contributed by atoms with E-state index in [0.717, 1.165) is 0 Å². The van der Waals surface area contributed by atoms with Crippen LogP contribution in [0, 0.1) is 5.82 Å². The number of halogens is 1. The predicted octanol–water partition coefficient (Wildman–Crippen LogP) is 2.37. The molecule has 0 spiro atoms. The molecular weight excluding hydrogens is 261 g/mol. The summed E-state index contributed by atoms with van der Waals surface area (Å²) in [4.78, 5) is 12.1. The van der Waals surface area contributed by atoms with Gasteiger partial charge in [0.05, 0.1) is 18.4 Å². The number of para-hydroxylation sites is 1. The van der Waals surface area contributed by atoms with E-state index in [-0.39, 0.29) is 11.7 Å². The normalized spacial score (nSPS) is 9.95. The van der Waals surface area contributed by atoms with Crippen molar-refractivity contribution in [3.05, 3.63) is 53.8 Å². The molecule has 0 bridgehead atoms. The molecule has 0 unspecified atom stereocenters. The minimum Gasteiger partial charge on any atom is -0.494 e. The van der Waals surface area contributed by atoms with Crippen molar-refractivity contribution in [2.45, 2.75) is 0 Å². The second kappa shape index (κ2) is 6.03. The van der Waals surface area contributed by atoms with Crippen molar-refractivity contribution in [2.24, 2.45) is 5.84 Å². The smallest absolute Gasteiger partial charge is 0.257 e. The van der Waals surface area contributed by atoms with Gasteiger partial charge in [0, 0.05) is 11.8 Å². The van der Waals surface area contributed by atoms with Crippen molar-refractivity contribution in [3.63, 3.8) is 0 Å². The van der Waals surface area contributed by atoms with Crippen LogP contribution in [0.5, 0.6) is 5.75 Å². The lowest BCUT2D eigenvalue weighted by molar-refractivity contribution is 0.102. The second-order valence-electron chi connectivity index (χ2n) is 3.99. The van der Waals surface area contributed by atoms with Gasteiger partial charge in [-0.25, -0.2) is 4.39 Å². The molecule has 2 aromatic carbocycles. The van der Waals surface area contributed by atoms with Crippen molar-refractivity contribution in [3.8, 4) is 5.75 Å². The van der Waals surface area contributed by atoms with Crippen LogP contribution in [-0.4, -0.2) is 13.0 Å². The van der Waals surface area contributed by atoms with Gasteiger partial charge in [0.2, 0.25) is 0 Å². The summed E-state index contributed by atoms with van der Waals surface area (Å²) in [5.41, 5.74) is 3.77. The summed E-state index contributed by atoms with van der Waals surface area (Å²) in [5.74, 6) is 4.57. The highest BCUT2D eigenvalue weighted by Gasteiger charge is 2.11.